The first kappa shape index (κ1) is 15.2. The fraction of sp³-hybridized carbons (Fsp3) is 0. The van der Waals surface area contributed by atoms with E-state index in [1.807, 2.05) is 0 Å². The van der Waals surface area contributed by atoms with Crippen LogP contribution < -0.4 is 10.6 Å². The minimum atomic E-state index is -0.430. The second kappa shape index (κ2) is 6.47. The maximum absolute atomic E-state index is 13.0. The molecule has 7 heteroatoms. The van der Waals surface area contributed by atoms with Gasteiger partial charge in [-0.25, -0.2) is 8.78 Å². The van der Waals surface area contributed by atoms with Gasteiger partial charge in [0.25, 0.3) is 0 Å². The summed E-state index contributed by atoms with van der Waals surface area (Å²) in [5.74, 6) is -0.788. The Balaban J connectivity index is 2.09. The van der Waals surface area contributed by atoms with Gasteiger partial charge in [0.1, 0.15) is 11.6 Å². The average molecular weight is 378 g/mol. The summed E-state index contributed by atoms with van der Waals surface area (Å²) >= 11 is 14.2. The van der Waals surface area contributed by atoms with Gasteiger partial charge in [-0.2, -0.15) is 0 Å². The van der Waals surface area contributed by atoms with E-state index in [1.165, 1.54) is 30.3 Å². The number of halogens is 4. The highest BCUT2D eigenvalue weighted by Gasteiger charge is 2.06. The van der Waals surface area contributed by atoms with E-state index in [0.717, 1.165) is 0 Å². The van der Waals surface area contributed by atoms with Gasteiger partial charge >= 0.3 is 0 Å². The minimum absolute atomic E-state index is 0.215. The molecule has 2 nitrogen and oxygen atoms in total. The predicted octanol–water partition coefficient (Wildman–Crippen LogP) is 5.19. The maximum atomic E-state index is 13.0. The Morgan fingerprint density at radius 1 is 1.00 bits per heavy atom. The van der Waals surface area contributed by atoms with E-state index in [0.29, 0.717) is 15.8 Å². The third-order valence-electron chi connectivity index (χ3n) is 2.36. The molecular weight excluding hydrogens is 370 g/mol. The van der Waals surface area contributed by atoms with Gasteiger partial charge in [-0.15, -0.1) is 0 Å². The molecule has 104 valence electrons. The first-order chi connectivity index (χ1) is 9.45. The van der Waals surface area contributed by atoms with E-state index < -0.39 is 5.82 Å². The lowest BCUT2D eigenvalue weighted by Crippen LogP contribution is -2.19. The summed E-state index contributed by atoms with van der Waals surface area (Å²) in [7, 11) is 0. The highest BCUT2D eigenvalue weighted by Crippen LogP contribution is 2.25. The van der Waals surface area contributed by atoms with Gasteiger partial charge in [-0.05, 0) is 64.5 Å². The molecule has 0 bridgehead atoms. The first-order valence-corrected chi connectivity index (χ1v) is 7.02. The van der Waals surface area contributed by atoms with Crippen molar-refractivity contribution >= 4 is 56.2 Å². The number of nitrogens with one attached hydrogen (secondary N) is 2. The molecule has 0 aliphatic heterocycles. The van der Waals surface area contributed by atoms with Crippen LogP contribution in [0.25, 0.3) is 0 Å². The number of rotatable bonds is 2. The molecule has 0 unspecified atom stereocenters. The van der Waals surface area contributed by atoms with Crippen LogP contribution in [0.5, 0.6) is 0 Å². The van der Waals surface area contributed by atoms with Crippen LogP contribution >= 0.6 is 39.7 Å². The van der Waals surface area contributed by atoms with Crippen molar-refractivity contribution in [2.75, 3.05) is 10.6 Å². The third kappa shape index (κ3) is 3.88. The van der Waals surface area contributed by atoms with Gasteiger partial charge in [0, 0.05) is 4.47 Å². The molecule has 0 fully saturated rings. The van der Waals surface area contributed by atoms with Crippen molar-refractivity contribution in [1.29, 1.82) is 0 Å². The zero-order valence-electron chi connectivity index (χ0n) is 9.88. The largest absolute Gasteiger partial charge is 0.332 e. The smallest absolute Gasteiger partial charge is 0.175 e. The highest BCUT2D eigenvalue weighted by atomic mass is 79.9. The van der Waals surface area contributed by atoms with E-state index in [2.05, 4.69) is 26.6 Å². The Labute approximate surface area is 133 Å². The van der Waals surface area contributed by atoms with Crippen LogP contribution in [0.15, 0.2) is 40.9 Å². The molecule has 0 atom stereocenters. The zero-order chi connectivity index (χ0) is 14.7. The summed E-state index contributed by atoms with van der Waals surface area (Å²) < 4.78 is 26.4. The van der Waals surface area contributed by atoms with Crippen molar-refractivity contribution < 1.29 is 8.78 Å². The summed E-state index contributed by atoms with van der Waals surface area (Å²) in [4.78, 5) is 0. The van der Waals surface area contributed by atoms with E-state index in [4.69, 9.17) is 23.8 Å². The molecular formula is C13H8BrClF2N2S. The number of benzene rings is 2. The van der Waals surface area contributed by atoms with Crippen LogP contribution in [0.2, 0.25) is 5.02 Å². The molecule has 20 heavy (non-hydrogen) atoms. The van der Waals surface area contributed by atoms with Gasteiger partial charge in [-0.1, -0.05) is 11.6 Å². The van der Waals surface area contributed by atoms with Gasteiger partial charge < -0.3 is 10.6 Å². The fourth-order valence-electron chi connectivity index (χ4n) is 1.46. The summed E-state index contributed by atoms with van der Waals surface area (Å²) in [5.41, 5.74) is 1.07. The topological polar surface area (TPSA) is 24.1 Å². The van der Waals surface area contributed by atoms with Crippen molar-refractivity contribution in [3.63, 3.8) is 0 Å². The lowest BCUT2D eigenvalue weighted by atomic mass is 10.3. The molecule has 0 spiro atoms. The molecule has 0 aliphatic carbocycles. The van der Waals surface area contributed by atoms with Crippen molar-refractivity contribution in [2.45, 2.75) is 0 Å². The van der Waals surface area contributed by atoms with Crippen molar-refractivity contribution in [3.05, 3.63) is 57.5 Å². The van der Waals surface area contributed by atoms with Gasteiger partial charge in [-0.3, -0.25) is 0 Å². The number of hydrogen-bond acceptors (Lipinski definition) is 1. The molecule has 0 saturated heterocycles. The van der Waals surface area contributed by atoms with Crippen LogP contribution in [-0.4, -0.2) is 5.11 Å². The lowest BCUT2D eigenvalue weighted by Gasteiger charge is -2.13. The van der Waals surface area contributed by atoms with Crippen LogP contribution in [0.1, 0.15) is 0 Å². The zero-order valence-corrected chi connectivity index (χ0v) is 13.0. The number of thiocarbonyl (C=S) groups is 1. The van der Waals surface area contributed by atoms with E-state index in [-0.39, 0.29) is 16.0 Å². The summed E-state index contributed by atoms with van der Waals surface area (Å²) in [6.45, 7) is 0. The van der Waals surface area contributed by atoms with Crippen LogP contribution in [0.4, 0.5) is 20.2 Å². The van der Waals surface area contributed by atoms with Crippen molar-refractivity contribution in [3.8, 4) is 0 Å². The maximum Gasteiger partial charge on any atom is 0.175 e. The molecule has 0 heterocycles. The minimum Gasteiger partial charge on any atom is -0.332 e. The standard InChI is InChI=1S/C13H8BrClF2N2S/c14-9-5-7(16)1-3-11(9)18-13(20)19-12-4-2-8(17)6-10(12)15/h1-6H,(H2,18,19,20). The molecule has 2 rings (SSSR count). The molecule has 0 radical (unpaired) electrons. The van der Waals surface area contributed by atoms with Crippen LogP contribution in [-0.2, 0) is 0 Å². The summed E-state index contributed by atoms with van der Waals surface area (Å²) in [5, 5.41) is 6.19. The average Bonchev–Trinajstić information content (AvgIpc) is 2.36. The van der Waals surface area contributed by atoms with Gasteiger partial charge in [0.15, 0.2) is 5.11 Å². The molecule has 0 saturated carbocycles. The lowest BCUT2D eigenvalue weighted by molar-refractivity contribution is 0.627. The van der Waals surface area contributed by atoms with Crippen molar-refractivity contribution in [1.82, 2.24) is 0 Å². The molecule has 0 aromatic heterocycles. The molecule has 0 amide bonds. The Kier molecular flexibility index (Phi) is 4.91. The third-order valence-corrected chi connectivity index (χ3v) is 3.53. The van der Waals surface area contributed by atoms with Crippen molar-refractivity contribution in [2.24, 2.45) is 0 Å². The second-order valence-electron chi connectivity index (χ2n) is 3.83. The molecule has 2 aromatic carbocycles. The Morgan fingerprint density at radius 2 is 1.55 bits per heavy atom. The van der Waals surface area contributed by atoms with Gasteiger partial charge in [0.2, 0.25) is 0 Å². The number of anilines is 2. The predicted molar refractivity (Wildman–Crippen MR) is 85.4 cm³/mol. The fourth-order valence-corrected chi connectivity index (χ4v) is 2.34. The summed E-state index contributed by atoms with van der Waals surface area (Å²) in [6.07, 6.45) is 0. The highest BCUT2D eigenvalue weighted by molar-refractivity contribution is 9.10. The Hall–Kier alpha value is -1.24. The normalized spacial score (nSPS) is 10.2. The van der Waals surface area contributed by atoms with Crippen LogP contribution in [0.3, 0.4) is 0 Å². The molecule has 0 aliphatic rings. The van der Waals surface area contributed by atoms with E-state index in [1.54, 1.807) is 6.07 Å². The Morgan fingerprint density at radius 3 is 2.15 bits per heavy atom. The Bertz CT molecular complexity index is 611. The SMILES string of the molecule is Fc1ccc(NC(=S)Nc2ccc(F)cc2Br)c(Cl)c1. The van der Waals surface area contributed by atoms with Gasteiger partial charge in [0.05, 0.1) is 16.4 Å². The van der Waals surface area contributed by atoms with E-state index in [9.17, 15) is 8.78 Å². The quantitative estimate of drug-likeness (QED) is 0.704. The number of hydrogen-bond donors (Lipinski definition) is 2. The second-order valence-corrected chi connectivity index (χ2v) is 5.50. The van der Waals surface area contributed by atoms with E-state index >= 15 is 0 Å². The monoisotopic (exact) mass is 376 g/mol. The summed E-state index contributed by atoms with van der Waals surface area (Å²) in [6, 6.07) is 8.09. The first-order valence-electron chi connectivity index (χ1n) is 5.44. The molecule has 2 aromatic rings. The van der Waals surface area contributed by atoms with Crippen LogP contribution in [0, 0.1) is 11.6 Å². The molecule has 2 N–H and O–H groups in total.